The number of hydrogen-bond acceptors (Lipinski definition) is 6. The predicted octanol–water partition coefficient (Wildman–Crippen LogP) is -2.10. The Morgan fingerprint density at radius 1 is 0.880 bits per heavy atom. The van der Waals surface area contributed by atoms with E-state index in [0.717, 1.165) is 0 Å². The number of nitrogens with zero attached hydrogens (tertiary/aromatic N) is 1. The van der Waals surface area contributed by atoms with Gasteiger partial charge in [0.25, 0.3) is 0 Å². The Bertz CT molecular complexity index is 458. The molecule has 12 heteroatoms. The van der Waals surface area contributed by atoms with Crippen LogP contribution in [0.3, 0.4) is 0 Å². The number of quaternary nitrogens is 1. The zero-order valence-electron chi connectivity index (χ0n) is 14.4. The number of carbonyl (C=O) groups is 4. The van der Waals surface area contributed by atoms with Gasteiger partial charge in [-0.15, -0.1) is 0 Å². The summed E-state index contributed by atoms with van der Waals surface area (Å²) in [6, 6.07) is 0. The van der Waals surface area contributed by atoms with Gasteiger partial charge in [0.1, 0.15) is 12.6 Å². The van der Waals surface area contributed by atoms with Gasteiger partial charge in [-0.2, -0.15) is 0 Å². The van der Waals surface area contributed by atoms with E-state index in [1.54, 1.807) is 0 Å². The van der Waals surface area contributed by atoms with Crippen molar-refractivity contribution in [2.75, 3.05) is 27.7 Å². The summed E-state index contributed by atoms with van der Waals surface area (Å²) in [6.07, 6.45) is -3.20. The maximum absolute atomic E-state index is 10.3. The maximum atomic E-state index is 10.3. The normalized spacial score (nSPS) is 12.0. The van der Waals surface area contributed by atoms with Crippen molar-refractivity contribution < 1.29 is 54.3 Å². The quantitative estimate of drug-likeness (QED) is 0.191. The molecule has 0 radical (unpaired) electrons. The summed E-state index contributed by atoms with van der Waals surface area (Å²) in [5.41, 5.74) is -2.74. The van der Waals surface area contributed by atoms with Gasteiger partial charge >= 0.3 is 46.9 Å². The average molecular weight is 379 g/mol. The Morgan fingerprint density at radius 2 is 1.24 bits per heavy atom. The Morgan fingerprint density at radius 3 is 1.44 bits per heavy atom. The zero-order chi connectivity index (χ0) is 19.7. The Labute approximate surface area is 160 Å². The second kappa shape index (κ2) is 12.0. The van der Waals surface area contributed by atoms with Crippen LogP contribution in [0.5, 0.6) is 0 Å². The summed E-state index contributed by atoms with van der Waals surface area (Å²) in [5.74, 6) is -5.97. The van der Waals surface area contributed by atoms with E-state index in [-0.39, 0.29) is 29.5 Å². The molecule has 0 heterocycles. The number of hydrogen-bond donors (Lipinski definition) is 6. The van der Waals surface area contributed by atoms with Gasteiger partial charge in [0.15, 0.2) is 5.60 Å². The third-order valence-electron chi connectivity index (χ3n) is 2.45. The summed E-state index contributed by atoms with van der Waals surface area (Å²) in [5, 5.41) is 51.3. The third-order valence-corrected chi connectivity index (χ3v) is 2.45. The SMILES string of the molecule is C[N+](C)(C)C[C@H](O)CC(=O)O.O=C(O)CC(O)(CC(=O)O)C(=O)O.[Mg+2]. The molecule has 0 amide bonds. The summed E-state index contributed by atoms with van der Waals surface area (Å²) >= 11 is 0. The molecule has 0 saturated carbocycles. The van der Waals surface area contributed by atoms with Crippen molar-refractivity contribution in [3.63, 3.8) is 0 Å². The van der Waals surface area contributed by atoms with Crippen molar-refractivity contribution in [3.8, 4) is 0 Å². The second-order valence-electron chi connectivity index (χ2n) is 6.20. The molecular formula is C13H24MgNO10+3. The number of aliphatic carboxylic acids is 4. The van der Waals surface area contributed by atoms with E-state index in [0.29, 0.717) is 11.0 Å². The number of carboxylic acid groups (broad SMARTS) is 4. The van der Waals surface area contributed by atoms with Crippen molar-refractivity contribution in [1.29, 1.82) is 0 Å². The van der Waals surface area contributed by atoms with Crippen LogP contribution in [-0.4, -0.2) is 121 Å². The standard InChI is InChI=1S/C7H15NO3.C6H8O7.Mg/c1-8(2,3)5-6(9)4-7(10)11;7-3(8)1-6(13,5(11)12)2-4(9)10;/h6,9H,4-5H2,1-3H3;13H,1-2H2,(H,7,8)(H,9,10)(H,11,12);/q;;+2/p+1/t6-;;/m1../s1. The van der Waals surface area contributed by atoms with Gasteiger partial charge in [0.05, 0.1) is 40.4 Å². The van der Waals surface area contributed by atoms with E-state index >= 15 is 0 Å². The van der Waals surface area contributed by atoms with Crippen LogP contribution in [0, 0.1) is 0 Å². The minimum absolute atomic E-state index is 0. The molecule has 0 aliphatic heterocycles. The van der Waals surface area contributed by atoms with Gasteiger partial charge in [0.2, 0.25) is 0 Å². The molecule has 6 N–H and O–H groups in total. The molecule has 11 nitrogen and oxygen atoms in total. The van der Waals surface area contributed by atoms with Crippen molar-refractivity contribution in [1.82, 2.24) is 0 Å². The molecule has 0 saturated heterocycles. The van der Waals surface area contributed by atoms with E-state index in [2.05, 4.69) is 0 Å². The van der Waals surface area contributed by atoms with E-state index < -0.39 is 48.4 Å². The smallest absolute Gasteiger partial charge is 0.481 e. The van der Waals surface area contributed by atoms with Gasteiger partial charge in [-0.3, -0.25) is 14.4 Å². The first kappa shape index (κ1) is 28.3. The zero-order valence-corrected chi connectivity index (χ0v) is 15.8. The molecular weight excluding hydrogens is 354 g/mol. The van der Waals surface area contributed by atoms with E-state index in [1.165, 1.54) is 0 Å². The van der Waals surface area contributed by atoms with Crippen LogP contribution < -0.4 is 0 Å². The molecule has 0 aliphatic rings. The Kier molecular flexibility index (Phi) is 13.6. The van der Waals surface area contributed by atoms with Gasteiger partial charge < -0.3 is 35.1 Å². The number of aliphatic hydroxyl groups excluding tert-OH is 1. The number of likely N-dealkylation sites (N-methyl/N-ethyl adjacent to an activating group) is 1. The van der Waals surface area contributed by atoms with Crippen LogP contribution in [0.4, 0.5) is 0 Å². The second-order valence-corrected chi connectivity index (χ2v) is 6.20. The van der Waals surface area contributed by atoms with Gasteiger partial charge in [-0.05, 0) is 0 Å². The van der Waals surface area contributed by atoms with Crippen LogP contribution in [0.15, 0.2) is 0 Å². The summed E-state index contributed by atoms with van der Waals surface area (Å²) in [6.45, 7) is 0.465. The summed E-state index contributed by atoms with van der Waals surface area (Å²) < 4.78 is 0.578. The topological polar surface area (TPSA) is 190 Å². The van der Waals surface area contributed by atoms with Gasteiger partial charge in [-0.1, -0.05) is 0 Å². The molecule has 0 spiro atoms. The molecule has 0 fully saturated rings. The van der Waals surface area contributed by atoms with Gasteiger partial charge in [-0.25, -0.2) is 4.79 Å². The summed E-state index contributed by atoms with van der Waals surface area (Å²) in [7, 11) is 5.72. The molecule has 0 aliphatic carbocycles. The number of rotatable bonds is 9. The minimum Gasteiger partial charge on any atom is -0.481 e. The summed E-state index contributed by atoms with van der Waals surface area (Å²) in [4.78, 5) is 40.6. The van der Waals surface area contributed by atoms with Crippen molar-refractivity contribution in [3.05, 3.63) is 0 Å². The van der Waals surface area contributed by atoms with Crippen molar-refractivity contribution in [2.24, 2.45) is 0 Å². The molecule has 25 heavy (non-hydrogen) atoms. The van der Waals surface area contributed by atoms with Crippen LogP contribution in [0.25, 0.3) is 0 Å². The molecule has 140 valence electrons. The fourth-order valence-electron chi connectivity index (χ4n) is 1.61. The molecule has 0 aromatic rings. The van der Waals surface area contributed by atoms with Crippen molar-refractivity contribution >= 4 is 46.9 Å². The van der Waals surface area contributed by atoms with E-state index in [4.69, 9.17) is 30.6 Å². The predicted molar refractivity (Wildman–Crippen MR) is 84.0 cm³/mol. The molecule has 0 bridgehead atoms. The van der Waals surface area contributed by atoms with Crippen LogP contribution in [0.1, 0.15) is 19.3 Å². The first-order valence-corrected chi connectivity index (χ1v) is 6.68. The Balaban J connectivity index is -0.000000377. The van der Waals surface area contributed by atoms with Crippen LogP contribution in [-0.2, 0) is 19.2 Å². The van der Waals surface area contributed by atoms with E-state index in [9.17, 15) is 19.2 Å². The molecule has 0 aromatic heterocycles. The molecule has 0 unspecified atom stereocenters. The third kappa shape index (κ3) is 17.1. The first-order valence-electron chi connectivity index (χ1n) is 6.68. The van der Waals surface area contributed by atoms with Crippen molar-refractivity contribution in [2.45, 2.75) is 31.0 Å². The van der Waals surface area contributed by atoms with Gasteiger partial charge in [0, 0.05) is 0 Å². The minimum atomic E-state index is -2.74. The first-order chi connectivity index (χ1) is 10.6. The van der Waals surface area contributed by atoms with Crippen LogP contribution in [0.2, 0.25) is 0 Å². The number of carboxylic acids is 4. The van der Waals surface area contributed by atoms with Crippen LogP contribution >= 0.6 is 0 Å². The fourth-order valence-corrected chi connectivity index (χ4v) is 1.61. The fraction of sp³-hybridized carbons (Fsp3) is 0.692. The number of aliphatic hydroxyl groups is 2. The average Bonchev–Trinajstić information content (AvgIpc) is 2.22. The largest absolute Gasteiger partial charge is 2.00 e. The monoisotopic (exact) mass is 378 g/mol. The molecule has 1 atom stereocenters. The molecule has 0 rings (SSSR count). The Hall–Kier alpha value is -1.47. The van der Waals surface area contributed by atoms with E-state index in [1.807, 2.05) is 21.1 Å². The molecule has 0 aromatic carbocycles. The maximum Gasteiger partial charge on any atom is 2.00 e.